The van der Waals surface area contributed by atoms with Crippen LogP contribution in [-0.4, -0.2) is 13.1 Å². The van der Waals surface area contributed by atoms with Crippen LogP contribution in [-0.2, 0) is 16.1 Å². The summed E-state index contributed by atoms with van der Waals surface area (Å²) in [7, 11) is 1.34. The van der Waals surface area contributed by atoms with Crippen molar-refractivity contribution >= 4 is 11.5 Å². The topological polar surface area (TPSA) is 35.5 Å². The Hall–Kier alpha value is -2.99. The standard InChI is InChI=1S/C20H18O3/c1-3-7-18(14-20(21)22-2)17-10-12-19(13-11-17)23-15-16-8-5-4-6-9-16/h4-6,8-14H,15H2,1-2H3/b18-14+. The third kappa shape index (κ3) is 5.05. The van der Waals surface area contributed by atoms with Crippen LogP contribution in [0.15, 0.2) is 60.7 Å². The molecule has 0 aliphatic rings. The van der Waals surface area contributed by atoms with Gasteiger partial charge in [0.15, 0.2) is 0 Å². The van der Waals surface area contributed by atoms with Crippen molar-refractivity contribution in [2.45, 2.75) is 13.5 Å². The maximum Gasteiger partial charge on any atom is 0.331 e. The van der Waals surface area contributed by atoms with E-state index in [1.807, 2.05) is 54.6 Å². The maximum atomic E-state index is 11.4. The number of allylic oxidation sites excluding steroid dienone is 1. The van der Waals surface area contributed by atoms with Crippen LogP contribution in [0.25, 0.3) is 5.57 Å². The van der Waals surface area contributed by atoms with Gasteiger partial charge in [-0.25, -0.2) is 4.79 Å². The molecular weight excluding hydrogens is 288 g/mol. The Bertz CT molecular complexity index is 732. The van der Waals surface area contributed by atoms with Gasteiger partial charge in [0.1, 0.15) is 12.4 Å². The largest absolute Gasteiger partial charge is 0.489 e. The Morgan fingerprint density at radius 3 is 2.39 bits per heavy atom. The molecular formula is C20H18O3. The zero-order valence-corrected chi connectivity index (χ0v) is 13.2. The van der Waals surface area contributed by atoms with Crippen molar-refractivity contribution in [1.82, 2.24) is 0 Å². The summed E-state index contributed by atoms with van der Waals surface area (Å²) < 4.78 is 10.4. The number of hydrogen-bond donors (Lipinski definition) is 0. The van der Waals surface area contributed by atoms with Crippen molar-refractivity contribution < 1.29 is 14.3 Å². The summed E-state index contributed by atoms with van der Waals surface area (Å²) in [5.41, 5.74) is 2.57. The molecule has 0 saturated carbocycles. The molecule has 3 nitrogen and oxygen atoms in total. The monoisotopic (exact) mass is 306 g/mol. The quantitative estimate of drug-likeness (QED) is 0.478. The van der Waals surface area contributed by atoms with Gasteiger partial charge in [0, 0.05) is 11.6 Å². The lowest BCUT2D eigenvalue weighted by Gasteiger charge is -2.07. The van der Waals surface area contributed by atoms with Gasteiger partial charge >= 0.3 is 5.97 Å². The minimum absolute atomic E-state index is 0.424. The van der Waals surface area contributed by atoms with Gasteiger partial charge in [-0.2, -0.15) is 0 Å². The molecule has 2 aromatic carbocycles. The smallest absolute Gasteiger partial charge is 0.331 e. The molecule has 0 spiro atoms. The Morgan fingerprint density at radius 2 is 1.78 bits per heavy atom. The van der Waals surface area contributed by atoms with Crippen molar-refractivity contribution in [3.05, 3.63) is 71.8 Å². The predicted octanol–water partition coefficient (Wildman–Crippen LogP) is 3.85. The first-order valence-electron chi connectivity index (χ1n) is 7.22. The number of hydrogen-bond acceptors (Lipinski definition) is 3. The maximum absolute atomic E-state index is 11.4. The molecule has 0 N–H and O–H groups in total. The highest BCUT2D eigenvalue weighted by Gasteiger charge is 2.04. The first-order valence-corrected chi connectivity index (χ1v) is 7.22. The van der Waals surface area contributed by atoms with Gasteiger partial charge in [-0.15, -0.1) is 5.92 Å². The van der Waals surface area contributed by atoms with E-state index < -0.39 is 5.97 Å². The highest BCUT2D eigenvalue weighted by atomic mass is 16.5. The van der Waals surface area contributed by atoms with E-state index in [4.69, 9.17) is 4.74 Å². The first-order chi connectivity index (χ1) is 11.2. The highest BCUT2D eigenvalue weighted by Crippen LogP contribution is 2.19. The van der Waals surface area contributed by atoms with E-state index in [2.05, 4.69) is 16.6 Å². The van der Waals surface area contributed by atoms with Gasteiger partial charge in [-0.1, -0.05) is 48.4 Å². The number of benzene rings is 2. The van der Waals surface area contributed by atoms with Crippen LogP contribution in [0.4, 0.5) is 0 Å². The number of rotatable bonds is 5. The van der Waals surface area contributed by atoms with Crippen LogP contribution in [0.1, 0.15) is 18.1 Å². The van der Waals surface area contributed by atoms with Gasteiger partial charge in [0.2, 0.25) is 0 Å². The average Bonchev–Trinajstić information content (AvgIpc) is 2.61. The van der Waals surface area contributed by atoms with Gasteiger partial charge < -0.3 is 9.47 Å². The predicted molar refractivity (Wildman–Crippen MR) is 90.7 cm³/mol. The summed E-state index contributed by atoms with van der Waals surface area (Å²) in [5, 5.41) is 0. The van der Waals surface area contributed by atoms with Gasteiger partial charge in [0.25, 0.3) is 0 Å². The van der Waals surface area contributed by atoms with Crippen LogP contribution in [0, 0.1) is 11.8 Å². The fourth-order valence-electron chi connectivity index (χ4n) is 1.97. The molecule has 0 saturated heterocycles. The number of ether oxygens (including phenoxy) is 2. The number of methoxy groups -OCH3 is 1. The van der Waals surface area contributed by atoms with Crippen LogP contribution in [0.2, 0.25) is 0 Å². The summed E-state index contributed by atoms with van der Waals surface area (Å²) in [6.45, 7) is 2.24. The van der Waals surface area contributed by atoms with E-state index in [0.29, 0.717) is 12.2 Å². The summed E-state index contributed by atoms with van der Waals surface area (Å²) in [6, 6.07) is 17.4. The molecule has 0 fully saturated rings. The molecule has 0 aliphatic carbocycles. The minimum atomic E-state index is -0.424. The summed E-state index contributed by atoms with van der Waals surface area (Å²) >= 11 is 0. The highest BCUT2D eigenvalue weighted by molar-refractivity contribution is 5.96. The average molecular weight is 306 g/mol. The Morgan fingerprint density at radius 1 is 1.09 bits per heavy atom. The van der Waals surface area contributed by atoms with E-state index >= 15 is 0 Å². The van der Waals surface area contributed by atoms with Crippen molar-refractivity contribution in [2.75, 3.05) is 7.11 Å². The van der Waals surface area contributed by atoms with E-state index in [1.165, 1.54) is 13.2 Å². The summed E-state index contributed by atoms with van der Waals surface area (Å²) in [6.07, 6.45) is 1.39. The molecule has 0 atom stereocenters. The third-order valence-electron chi connectivity index (χ3n) is 3.14. The Kier molecular flexibility index (Phi) is 6.02. The molecule has 0 bridgehead atoms. The second kappa shape index (κ2) is 8.45. The molecule has 0 aromatic heterocycles. The van der Waals surface area contributed by atoms with E-state index in [9.17, 15) is 4.79 Å². The molecule has 0 unspecified atom stereocenters. The number of carbonyl (C=O) groups excluding carboxylic acids is 1. The second-order valence-electron chi connectivity index (χ2n) is 4.75. The normalized spacial score (nSPS) is 10.4. The van der Waals surface area contributed by atoms with Crippen LogP contribution in [0.3, 0.4) is 0 Å². The lowest BCUT2D eigenvalue weighted by atomic mass is 10.1. The van der Waals surface area contributed by atoms with Crippen molar-refractivity contribution in [3.63, 3.8) is 0 Å². The van der Waals surface area contributed by atoms with Gasteiger partial charge in [-0.05, 0) is 30.2 Å². The van der Waals surface area contributed by atoms with Crippen LogP contribution < -0.4 is 4.74 Å². The second-order valence-corrected chi connectivity index (χ2v) is 4.75. The zero-order chi connectivity index (χ0) is 16.5. The first kappa shape index (κ1) is 16.4. The van der Waals surface area contributed by atoms with Gasteiger partial charge in [0.05, 0.1) is 7.11 Å². The van der Waals surface area contributed by atoms with E-state index in [0.717, 1.165) is 16.9 Å². The molecule has 2 aromatic rings. The van der Waals surface area contributed by atoms with Crippen molar-refractivity contribution in [3.8, 4) is 17.6 Å². The molecule has 23 heavy (non-hydrogen) atoms. The SMILES string of the molecule is CC#C/C(=C\C(=O)OC)c1ccc(OCc2ccccc2)cc1. The Labute approximate surface area is 136 Å². The van der Waals surface area contributed by atoms with Gasteiger partial charge in [-0.3, -0.25) is 0 Å². The number of carbonyl (C=O) groups is 1. The Balaban J connectivity index is 2.09. The minimum Gasteiger partial charge on any atom is -0.489 e. The lowest BCUT2D eigenvalue weighted by molar-refractivity contribution is -0.134. The number of esters is 1. The van der Waals surface area contributed by atoms with E-state index in [1.54, 1.807) is 6.92 Å². The van der Waals surface area contributed by atoms with Crippen molar-refractivity contribution in [1.29, 1.82) is 0 Å². The van der Waals surface area contributed by atoms with Crippen molar-refractivity contribution in [2.24, 2.45) is 0 Å². The molecule has 2 rings (SSSR count). The van der Waals surface area contributed by atoms with E-state index in [-0.39, 0.29) is 0 Å². The third-order valence-corrected chi connectivity index (χ3v) is 3.14. The molecule has 0 aliphatic heterocycles. The summed E-state index contributed by atoms with van der Waals surface area (Å²) in [4.78, 5) is 11.4. The van der Waals surface area contributed by atoms with Crippen LogP contribution in [0.5, 0.6) is 5.75 Å². The fraction of sp³-hybridized carbons (Fsp3) is 0.150. The lowest BCUT2D eigenvalue weighted by Crippen LogP contribution is -1.97. The zero-order valence-electron chi connectivity index (χ0n) is 13.2. The van der Waals surface area contributed by atoms with Crippen LogP contribution >= 0.6 is 0 Å². The molecule has 3 heteroatoms. The molecule has 116 valence electrons. The molecule has 0 amide bonds. The summed E-state index contributed by atoms with van der Waals surface area (Å²) in [5.74, 6) is 6.05. The fourth-order valence-corrected chi connectivity index (χ4v) is 1.97. The molecule has 0 heterocycles. The molecule has 0 radical (unpaired) electrons.